The second-order valence-corrected chi connectivity index (χ2v) is 3.97. The Labute approximate surface area is 94.5 Å². The Hall–Kier alpha value is -0.700. The van der Waals surface area contributed by atoms with Gasteiger partial charge in [0.05, 0.1) is 0 Å². The first kappa shape index (κ1) is 14.3. The third kappa shape index (κ3) is 7.25. The molecule has 4 N–H and O–H groups in total. The summed E-state index contributed by atoms with van der Waals surface area (Å²) in [7, 11) is 0. The molecule has 0 aromatic heterocycles. The Bertz CT molecular complexity index is 166. The standard InChI is InChI=1S/C12H27N3/c1-3-5-6-7-8-9-10-15(14)12(4-2)11-13/h11H,3-10,13-14H2,1-2H3/b12-11-. The lowest BCUT2D eigenvalue weighted by Gasteiger charge is -2.20. The molecule has 0 fully saturated rings. The van der Waals surface area contributed by atoms with Crippen LogP contribution in [0.2, 0.25) is 0 Å². The molecule has 3 nitrogen and oxygen atoms in total. The lowest BCUT2D eigenvalue weighted by Crippen LogP contribution is -2.31. The molecule has 15 heavy (non-hydrogen) atoms. The molecule has 0 aliphatic rings. The van der Waals surface area contributed by atoms with Crippen molar-refractivity contribution in [2.45, 2.75) is 58.8 Å². The maximum atomic E-state index is 5.86. The third-order valence-corrected chi connectivity index (χ3v) is 2.68. The van der Waals surface area contributed by atoms with Crippen LogP contribution in [0.3, 0.4) is 0 Å². The zero-order valence-corrected chi connectivity index (χ0v) is 10.3. The van der Waals surface area contributed by atoms with E-state index >= 15 is 0 Å². The van der Waals surface area contributed by atoms with Crippen molar-refractivity contribution in [1.29, 1.82) is 0 Å². The molecule has 0 aliphatic carbocycles. The summed E-state index contributed by atoms with van der Waals surface area (Å²) in [6.45, 7) is 5.23. The monoisotopic (exact) mass is 213 g/mol. The zero-order valence-electron chi connectivity index (χ0n) is 10.3. The van der Waals surface area contributed by atoms with Gasteiger partial charge in [-0.25, -0.2) is 5.84 Å². The SMILES string of the molecule is CCCCCCCCN(N)/C(=C\N)CC. The first-order valence-electron chi connectivity index (χ1n) is 6.19. The Morgan fingerprint density at radius 3 is 2.20 bits per heavy atom. The summed E-state index contributed by atoms with van der Waals surface area (Å²) < 4.78 is 0. The van der Waals surface area contributed by atoms with Crippen molar-refractivity contribution in [2.24, 2.45) is 11.6 Å². The second-order valence-electron chi connectivity index (χ2n) is 3.97. The lowest BCUT2D eigenvalue weighted by molar-refractivity contribution is 0.335. The summed E-state index contributed by atoms with van der Waals surface area (Å²) in [6, 6.07) is 0. The van der Waals surface area contributed by atoms with Crippen LogP contribution >= 0.6 is 0 Å². The van der Waals surface area contributed by atoms with Crippen molar-refractivity contribution in [3.63, 3.8) is 0 Å². The number of nitrogens with zero attached hydrogens (tertiary/aromatic N) is 1. The summed E-state index contributed by atoms with van der Waals surface area (Å²) in [5, 5.41) is 1.78. The molecule has 3 heteroatoms. The number of hydrazine groups is 1. The maximum absolute atomic E-state index is 5.86. The van der Waals surface area contributed by atoms with E-state index in [1.54, 1.807) is 11.2 Å². The van der Waals surface area contributed by atoms with Crippen LogP contribution < -0.4 is 11.6 Å². The van der Waals surface area contributed by atoms with Crippen LogP contribution in [0.5, 0.6) is 0 Å². The fourth-order valence-corrected chi connectivity index (χ4v) is 1.62. The van der Waals surface area contributed by atoms with Crippen LogP contribution in [-0.2, 0) is 0 Å². The molecule has 0 saturated carbocycles. The van der Waals surface area contributed by atoms with Crippen molar-refractivity contribution in [3.05, 3.63) is 11.9 Å². The van der Waals surface area contributed by atoms with E-state index in [9.17, 15) is 0 Å². The van der Waals surface area contributed by atoms with Crippen molar-refractivity contribution < 1.29 is 0 Å². The summed E-state index contributed by atoms with van der Waals surface area (Å²) in [6.07, 6.45) is 10.3. The van der Waals surface area contributed by atoms with E-state index in [-0.39, 0.29) is 0 Å². The fraction of sp³-hybridized carbons (Fsp3) is 0.833. The van der Waals surface area contributed by atoms with E-state index in [2.05, 4.69) is 13.8 Å². The van der Waals surface area contributed by atoms with Crippen LogP contribution in [0.15, 0.2) is 11.9 Å². The number of rotatable bonds is 9. The minimum absolute atomic E-state index is 0.906. The lowest BCUT2D eigenvalue weighted by atomic mass is 10.1. The molecule has 0 rings (SSSR count). The van der Waals surface area contributed by atoms with Crippen LogP contribution in [-0.4, -0.2) is 11.6 Å². The number of hydrogen-bond donors (Lipinski definition) is 2. The van der Waals surface area contributed by atoms with E-state index in [0.717, 1.165) is 25.1 Å². The van der Waals surface area contributed by atoms with E-state index in [4.69, 9.17) is 11.6 Å². The zero-order chi connectivity index (χ0) is 11.5. The average Bonchev–Trinajstić information content (AvgIpc) is 2.25. The Balaban J connectivity index is 3.42. The quantitative estimate of drug-likeness (QED) is 0.352. The smallest absolute Gasteiger partial charge is 0.0442 e. The van der Waals surface area contributed by atoms with Crippen molar-refractivity contribution in [2.75, 3.05) is 6.54 Å². The average molecular weight is 213 g/mol. The Morgan fingerprint density at radius 1 is 1.07 bits per heavy atom. The molecule has 0 aromatic rings. The molecule has 0 saturated heterocycles. The minimum Gasteiger partial charge on any atom is -0.403 e. The van der Waals surface area contributed by atoms with Crippen molar-refractivity contribution >= 4 is 0 Å². The van der Waals surface area contributed by atoms with Gasteiger partial charge >= 0.3 is 0 Å². The van der Waals surface area contributed by atoms with Gasteiger partial charge in [0.15, 0.2) is 0 Å². The van der Waals surface area contributed by atoms with Gasteiger partial charge in [0.1, 0.15) is 0 Å². The van der Waals surface area contributed by atoms with E-state index in [1.165, 1.54) is 32.1 Å². The Kier molecular flexibility index (Phi) is 9.38. The molecular formula is C12H27N3. The molecule has 0 aromatic carbocycles. The van der Waals surface area contributed by atoms with E-state index in [1.807, 2.05) is 0 Å². The van der Waals surface area contributed by atoms with Crippen LogP contribution in [0, 0.1) is 0 Å². The molecule has 90 valence electrons. The highest BCUT2D eigenvalue weighted by Gasteiger charge is 2.01. The largest absolute Gasteiger partial charge is 0.403 e. The number of hydrogen-bond acceptors (Lipinski definition) is 3. The van der Waals surface area contributed by atoms with Crippen LogP contribution in [0.1, 0.15) is 58.8 Å². The van der Waals surface area contributed by atoms with Gasteiger partial charge < -0.3 is 10.7 Å². The maximum Gasteiger partial charge on any atom is 0.0442 e. The summed E-state index contributed by atoms with van der Waals surface area (Å²) >= 11 is 0. The van der Waals surface area contributed by atoms with Gasteiger partial charge in [0.25, 0.3) is 0 Å². The summed E-state index contributed by atoms with van der Waals surface area (Å²) in [5.41, 5.74) is 6.50. The van der Waals surface area contributed by atoms with Crippen LogP contribution in [0.4, 0.5) is 0 Å². The molecular weight excluding hydrogens is 186 g/mol. The molecule has 0 unspecified atom stereocenters. The van der Waals surface area contributed by atoms with Crippen molar-refractivity contribution in [1.82, 2.24) is 5.01 Å². The molecule has 0 aliphatic heterocycles. The highest BCUT2D eigenvalue weighted by Crippen LogP contribution is 2.07. The van der Waals surface area contributed by atoms with Gasteiger partial charge in [-0.2, -0.15) is 0 Å². The summed E-state index contributed by atoms with van der Waals surface area (Å²) in [4.78, 5) is 0. The molecule has 0 atom stereocenters. The second kappa shape index (κ2) is 9.84. The minimum atomic E-state index is 0.906. The topological polar surface area (TPSA) is 55.3 Å². The number of nitrogens with two attached hydrogens (primary N) is 2. The predicted octanol–water partition coefficient (Wildman–Crippen LogP) is 2.73. The van der Waals surface area contributed by atoms with Gasteiger partial charge in [-0.1, -0.05) is 46.0 Å². The molecule has 0 bridgehead atoms. The number of unbranched alkanes of at least 4 members (excludes halogenated alkanes) is 5. The fourth-order valence-electron chi connectivity index (χ4n) is 1.62. The number of allylic oxidation sites excluding steroid dienone is 1. The van der Waals surface area contributed by atoms with E-state index in [0.29, 0.717) is 0 Å². The molecule has 0 spiro atoms. The first-order valence-corrected chi connectivity index (χ1v) is 6.19. The van der Waals surface area contributed by atoms with E-state index < -0.39 is 0 Å². The molecule has 0 amide bonds. The van der Waals surface area contributed by atoms with Gasteiger partial charge in [-0.3, -0.25) is 0 Å². The third-order valence-electron chi connectivity index (χ3n) is 2.68. The highest BCUT2D eigenvalue weighted by molar-refractivity contribution is 4.95. The highest BCUT2D eigenvalue weighted by atomic mass is 15.4. The predicted molar refractivity (Wildman–Crippen MR) is 66.8 cm³/mol. The Morgan fingerprint density at radius 2 is 1.67 bits per heavy atom. The molecule has 0 heterocycles. The van der Waals surface area contributed by atoms with Crippen LogP contribution in [0.25, 0.3) is 0 Å². The first-order chi connectivity index (χ1) is 7.26. The van der Waals surface area contributed by atoms with Gasteiger partial charge in [0.2, 0.25) is 0 Å². The van der Waals surface area contributed by atoms with Gasteiger partial charge in [-0.05, 0) is 12.8 Å². The van der Waals surface area contributed by atoms with Gasteiger partial charge in [-0.15, -0.1) is 0 Å². The summed E-state index contributed by atoms with van der Waals surface area (Å²) in [5.74, 6) is 5.86. The van der Waals surface area contributed by atoms with Crippen molar-refractivity contribution in [3.8, 4) is 0 Å². The normalized spacial score (nSPS) is 11.8. The van der Waals surface area contributed by atoms with Gasteiger partial charge in [0, 0.05) is 18.4 Å². The molecule has 0 radical (unpaired) electrons.